The highest BCUT2D eigenvalue weighted by atomic mass is 35.5. The molecule has 3 nitrogen and oxygen atoms in total. The molecule has 0 unspecified atom stereocenters. The van der Waals surface area contributed by atoms with E-state index in [0.717, 1.165) is 43.0 Å². The minimum Gasteiger partial charge on any atom is -0.382 e. The Bertz CT molecular complexity index is 414. The fraction of sp³-hybridized carbons (Fsp3) is 0.500. The molecule has 0 aliphatic carbocycles. The molecule has 0 fully saturated rings. The minimum atomic E-state index is 0.588. The predicted octanol–water partition coefficient (Wildman–Crippen LogP) is 3.67. The number of anilines is 1. The second-order valence-corrected chi connectivity index (χ2v) is 5.19. The average molecular weight is 301 g/mol. The van der Waals surface area contributed by atoms with Crippen molar-refractivity contribution in [2.24, 2.45) is 0 Å². The van der Waals surface area contributed by atoms with Crippen LogP contribution in [0.15, 0.2) is 12.1 Å². The molecule has 106 valence electrons. The maximum absolute atomic E-state index is 6.21. The molecule has 0 aliphatic rings. The zero-order valence-corrected chi connectivity index (χ0v) is 13.3. The summed E-state index contributed by atoms with van der Waals surface area (Å²) in [6.07, 6.45) is 0.927. The first-order valence-corrected chi connectivity index (χ1v) is 7.22. The third-order valence-electron chi connectivity index (χ3n) is 2.63. The molecule has 0 atom stereocenters. The highest BCUT2D eigenvalue weighted by molar-refractivity contribution is 7.80. The van der Waals surface area contributed by atoms with Crippen molar-refractivity contribution in [1.29, 1.82) is 0 Å². The molecule has 0 bridgehead atoms. The Balaban J connectivity index is 2.44. The molecule has 19 heavy (non-hydrogen) atoms. The Morgan fingerprint density at radius 2 is 2.11 bits per heavy atom. The number of rotatable bonds is 6. The molecule has 0 spiro atoms. The van der Waals surface area contributed by atoms with Crippen LogP contribution >= 0.6 is 23.8 Å². The van der Waals surface area contributed by atoms with Gasteiger partial charge in [0.2, 0.25) is 0 Å². The molecule has 1 rings (SSSR count). The first-order valence-electron chi connectivity index (χ1n) is 6.44. The number of nitrogens with one attached hydrogen (secondary N) is 2. The molecule has 1 aromatic carbocycles. The van der Waals surface area contributed by atoms with Gasteiger partial charge >= 0.3 is 0 Å². The maximum Gasteiger partial charge on any atom is 0.170 e. The van der Waals surface area contributed by atoms with Crippen LogP contribution in [0.2, 0.25) is 5.02 Å². The molecule has 0 amide bonds. The van der Waals surface area contributed by atoms with E-state index in [1.807, 2.05) is 26.8 Å². The van der Waals surface area contributed by atoms with Gasteiger partial charge in [-0.1, -0.05) is 17.7 Å². The van der Waals surface area contributed by atoms with Crippen LogP contribution in [0, 0.1) is 13.8 Å². The number of thiocarbonyl (C=S) groups is 1. The van der Waals surface area contributed by atoms with E-state index in [9.17, 15) is 0 Å². The lowest BCUT2D eigenvalue weighted by molar-refractivity contribution is 0.146. The quantitative estimate of drug-likeness (QED) is 0.620. The normalized spacial score (nSPS) is 10.3. The number of hydrogen-bond donors (Lipinski definition) is 2. The number of halogens is 1. The monoisotopic (exact) mass is 300 g/mol. The van der Waals surface area contributed by atoms with Crippen molar-refractivity contribution in [3.05, 3.63) is 28.3 Å². The van der Waals surface area contributed by atoms with Gasteiger partial charge in [-0.15, -0.1) is 0 Å². The molecule has 2 N–H and O–H groups in total. The summed E-state index contributed by atoms with van der Waals surface area (Å²) in [5, 5.41) is 7.56. The van der Waals surface area contributed by atoms with E-state index in [2.05, 4.69) is 16.7 Å². The van der Waals surface area contributed by atoms with Gasteiger partial charge in [0, 0.05) is 19.8 Å². The van der Waals surface area contributed by atoms with Gasteiger partial charge in [-0.05, 0) is 56.6 Å². The van der Waals surface area contributed by atoms with Crippen LogP contribution in [0.5, 0.6) is 0 Å². The van der Waals surface area contributed by atoms with E-state index >= 15 is 0 Å². The van der Waals surface area contributed by atoms with Crippen molar-refractivity contribution in [1.82, 2.24) is 5.32 Å². The van der Waals surface area contributed by atoms with Crippen molar-refractivity contribution in [2.75, 3.05) is 25.1 Å². The molecule has 0 aromatic heterocycles. The highest BCUT2D eigenvalue weighted by Gasteiger charge is 2.06. The minimum absolute atomic E-state index is 0.588. The van der Waals surface area contributed by atoms with Gasteiger partial charge in [0.15, 0.2) is 5.11 Å². The summed E-state index contributed by atoms with van der Waals surface area (Å²) in [4.78, 5) is 0. The Hall–Kier alpha value is -0.840. The van der Waals surface area contributed by atoms with Crippen LogP contribution in [-0.4, -0.2) is 24.9 Å². The van der Waals surface area contributed by atoms with E-state index < -0.39 is 0 Å². The summed E-state index contributed by atoms with van der Waals surface area (Å²) in [6.45, 7) is 8.30. The standard InChI is InChI=1S/C14H21ClN2OS/c1-4-18-7-5-6-16-14(19)17-13-11(3)8-10(2)9-12(13)15/h8-9H,4-7H2,1-3H3,(H2,16,17,19). The Kier molecular flexibility index (Phi) is 7.13. The van der Waals surface area contributed by atoms with Crippen LogP contribution in [-0.2, 0) is 4.74 Å². The second kappa shape index (κ2) is 8.35. The fourth-order valence-corrected chi connectivity index (χ4v) is 2.32. The average Bonchev–Trinajstić information content (AvgIpc) is 2.33. The zero-order valence-electron chi connectivity index (χ0n) is 11.7. The molecular weight excluding hydrogens is 280 g/mol. The first kappa shape index (κ1) is 16.2. The van der Waals surface area contributed by atoms with Gasteiger partial charge in [-0.25, -0.2) is 0 Å². The number of ether oxygens (including phenoxy) is 1. The molecular formula is C14H21ClN2OS. The Morgan fingerprint density at radius 1 is 1.37 bits per heavy atom. The molecule has 1 aromatic rings. The number of hydrogen-bond acceptors (Lipinski definition) is 2. The summed E-state index contributed by atoms with van der Waals surface area (Å²) in [7, 11) is 0. The van der Waals surface area contributed by atoms with Crippen molar-refractivity contribution in [2.45, 2.75) is 27.2 Å². The third kappa shape index (κ3) is 5.76. The zero-order chi connectivity index (χ0) is 14.3. The van der Waals surface area contributed by atoms with Gasteiger partial charge < -0.3 is 15.4 Å². The van der Waals surface area contributed by atoms with Crippen LogP contribution in [0.3, 0.4) is 0 Å². The SMILES string of the molecule is CCOCCCNC(=S)Nc1c(C)cc(C)cc1Cl. The molecule has 5 heteroatoms. The summed E-state index contributed by atoms with van der Waals surface area (Å²) < 4.78 is 5.26. The van der Waals surface area contributed by atoms with Crippen molar-refractivity contribution in [3.8, 4) is 0 Å². The van der Waals surface area contributed by atoms with Crippen LogP contribution in [0.25, 0.3) is 0 Å². The van der Waals surface area contributed by atoms with Gasteiger partial charge in [0.1, 0.15) is 0 Å². The predicted molar refractivity (Wildman–Crippen MR) is 86.3 cm³/mol. The molecule has 0 saturated heterocycles. The van der Waals surface area contributed by atoms with Gasteiger partial charge in [0.25, 0.3) is 0 Å². The Morgan fingerprint density at radius 3 is 2.74 bits per heavy atom. The summed E-state index contributed by atoms with van der Waals surface area (Å²) >= 11 is 11.5. The highest BCUT2D eigenvalue weighted by Crippen LogP contribution is 2.27. The number of benzene rings is 1. The van der Waals surface area contributed by atoms with E-state index in [1.165, 1.54) is 0 Å². The Labute approximate surface area is 125 Å². The van der Waals surface area contributed by atoms with Crippen molar-refractivity contribution >= 4 is 34.6 Å². The largest absolute Gasteiger partial charge is 0.382 e. The van der Waals surface area contributed by atoms with Crippen molar-refractivity contribution in [3.63, 3.8) is 0 Å². The van der Waals surface area contributed by atoms with Gasteiger partial charge in [-0.2, -0.15) is 0 Å². The summed E-state index contributed by atoms with van der Waals surface area (Å²) in [6, 6.07) is 4.00. The lowest BCUT2D eigenvalue weighted by atomic mass is 10.1. The van der Waals surface area contributed by atoms with Crippen LogP contribution in [0.4, 0.5) is 5.69 Å². The van der Waals surface area contributed by atoms with Gasteiger partial charge in [0.05, 0.1) is 10.7 Å². The van der Waals surface area contributed by atoms with Crippen LogP contribution in [0.1, 0.15) is 24.5 Å². The summed E-state index contributed by atoms with van der Waals surface area (Å²) in [5.41, 5.74) is 3.10. The van der Waals surface area contributed by atoms with E-state index in [4.69, 9.17) is 28.6 Å². The van der Waals surface area contributed by atoms with Crippen molar-refractivity contribution < 1.29 is 4.74 Å². The third-order valence-corrected chi connectivity index (χ3v) is 3.17. The summed E-state index contributed by atoms with van der Waals surface area (Å²) in [5.74, 6) is 0. The second-order valence-electron chi connectivity index (χ2n) is 4.37. The smallest absolute Gasteiger partial charge is 0.170 e. The lowest BCUT2D eigenvalue weighted by Gasteiger charge is -2.14. The van der Waals surface area contributed by atoms with E-state index in [1.54, 1.807) is 0 Å². The molecule has 0 aliphatic heterocycles. The van der Waals surface area contributed by atoms with Gasteiger partial charge in [-0.3, -0.25) is 0 Å². The maximum atomic E-state index is 6.21. The van der Waals surface area contributed by atoms with E-state index in [0.29, 0.717) is 10.1 Å². The lowest BCUT2D eigenvalue weighted by Crippen LogP contribution is -2.30. The fourth-order valence-electron chi connectivity index (χ4n) is 1.75. The molecule has 0 saturated carbocycles. The molecule has 0 heterocycles. The molecule has 0 radical (unpaired) electrons. The van der Waals surface area contributed by atoms with Crippen LogP contribution < -0.4 is 10.6 Å². The first-order chi connectivity index (χ1) is 9.04. The van der Waals surface area contributed by atoms with E-state index in [-0.39, 0.29) is 0 Å². The topological polar surface area (TPSA) is 33.3 Å². The number of aryl methyl sites for hydroxylation is 2.